The molecule has 1 fully saturated rings. The van der Waals surface area contributed by atoms with Gasteiger partial charge in [-0.2, -0.15) is 0 Å². The molecule has 1 saturated carbocycles. The standard InChI is InChI=1S/C20H33N5O3/c1-20(2,3)28-19(26)23-12-11-22-18(21-4)25-14-15-9-10-17(24-13-15)27-16-7-5-6-8-16/h9-10,13,16H,5-8,11-12,14H2,1-4H3,(H,23,26)(H2,21,22,25). The molecular formula is C20H33N5O3. The van der Waals surface area contributed by atoms with Crippen LogP contribution in [-0.2, 0) is 11.3 Å². The number of nitrogens with zero attached hydrogens (tertiary/aromatic N) is 2. The van der Waals surface area contributed by atoms with Crippen molar-refractivity contribution in [3.63, 3.8) is 0 Å². The molecule has 1 heterocycles. The fourth-order valence-electron chi connectivity index (χ4n) is 2.83. The van der Waals surface area contributed by atoms with Gasteiger partial charge >= 0.3 is 6.09 Å². The van der Waals surface area contributed by atoms with Gasteiger partial charge in [0.25, 0.3) is 0 Å². The number of ether oxygens (including phenoxy) is 2. The molecule has 8 nitrogen and oxygen atoms in total. The SMILES string of the molecule is CN=C(NCCNC(=O)OC(C)(C)C)NCc1ccc(OC2CCCC2)nc1. The smallest absolute Gasteiger partial charge is 0.407 e. The van der Waals surface area contributed by atoms with Crippen molar-refractivity contribution in [2.45, 2.75) is 64.7 Å². The summed E-state index contributed by atoms with van der Waals surface area (Å²) in [5, 5.41) is 9.06. The van der Waals surface area contributed by atoms with Crippen LogP contribution in [0.2, 0.25) is 0 Å². The van der Waals surface area contributed by atoms with Gasteiger partial charge in [0.2, 0.25) is 5.88 Å². The van der Waals surface area contributed by atoms with Crippen LogP contribution >= 0.6 is 0 Å². The average molecular weight is 392 g/mol. The van der Waals surface area contributed by atoms with Crippen molar-refractivity contribution in [2.75, 3.05) is 20.1 Å². The third-order valence-electron chi connectivity index (χ3n) is 4.16. The van der Waals surface area contributed by atoms with E-state index in [9.17, 15) is 4.79 Å². The van der Waals surface area contributed by atoms with Crippen LogP contribution in [0.15, 0.2) is 23.3 Å². The molecule has 0 bridgehead atoms. The second kappa shape index (κ2) is 10.7. The van der Waals surface area contributed by atoms with E-state index in [4.69, 9.17) is 9.47 Å². The van der Waals surface area contributed by atoms with Crippen LogP contribution in [0.5, 0.6) is 5.88 Å². The monoisotopic (exact) mass is 391 g/mol. The molecule has 0 radical (unpaired) electrons. The number of carbonyl (C=O) groups is 1. The number of nitrogens with one attached hydrogen (secondary N) is 3. The number of hydrogen-bond acceptors (Lipinski definition) is 5. The van der Waals surface area contributed by atoms with Gasteiger partial charge in [-0.25, -0.2) is 9.78 Å². The maximum atomic E-state index is 11.6. The normalized spacial score (nSPS) is 15.2. The number of alkyl carbamates (subject to hydrolysis) is 1. The molecule has 1 aliphatic rings. The minimum Gasteiger partial charge on any atom is -0.474 e. The van der Waals surface area contributed by atoms with Gasteiger partial charge in [0, 0.05) is 38.9 Å². The summed E-state index contributed by atoms with van der Waals surface area (Å²) in [6.45, 7) is 7.06. The minimum atomic E-state index is -0.499. The zero-order valence-corrected chi connectivity index (χ0v) is 17.4. The molecule has 2 rings (SSSR count). The summed E-state index contributed by atoms with van der Waals surface area (Å²) < 4.78 is 11.1. The maximum absolute atomic E-state index is 11.6. The maximum Gasteiger partial charge on any atom is 0.407 e. The van der Waals surface area contributed by atoms with Crippen molar-refractivity contribution >= 4 is 12.1 Å². The summed E-state index contributed by atoms with van der Waals surface area (Å²) >= 11 is 0. The van der Waals surface area contributed by atoms with Crippen molar-refractivity contribution in [2.24, 2.45) is 4.99 Å². The number of pyridine rings is 1. The van der Waals surface area contributed by atoms with E-state index in [0.717, 1.165) is 18.4 Å². The molecule has 1 amide bonds. The Labute approximate surface area is 167 Å². The van der Waals surface area contributed by atoms with Gasteiger partial charge in [-0.1, -0.05) is 6.07 Å². The number of aromatic nitrogens is 1. The van der Waals surface area contributed by atoms with Gasteiger partial charge in [-0.15, -0.1) is 0 Å². The molecule has 0 saturated heterocycles. The lowest BCUT2D eigenvalue weighted by atomic mass is 10.2. The van der Waals surface area contributed by atoms with Crippen LogP contribution in [0.1, 0.15) is 52.0 Å². The van der Waals surface area contributed by atoms with E-state index in [1.165, 1.54) is 12.8 Å². The first-order valence-corrected chi connectivity index (χ1v) is 9.88. The topological polar surface area (TPSA) is 96.9 Å². The molecule has 0 atom stereocenters. The molecule has 0 aliphatic heterocycles. The van der Waals surface area contributed by atoms with E-state index in [1.54, 1.807) is 7.05 Å². The zero-order chi connectivity index (χ0) is 20.4. The van der Waals surface area contributed by atoms with Crippen molar-refractivity contribution in [3.8, 4) is 5.88 Å². The van der Waals surface area contributed by atoms with Crippen molar-refractivity contribution in [3.05, 3.63) is 23.9 Å². The van der Waals surface area contributed by atoms with E-state index in [-0.39, 0.29) is 0 Å². The highest BCUT2D eigenvalue weighted by Crippen LogP contribution is 2.22. The Morgan fingerprint density at radius 2 is 1.89 bits per heavy atom. The third-order valence-corrected chi connectivity index (χ3v) is 4.16. The van der Waals surface area contributed by atoms with Crippen molar-refractivity contribution in [1.29, 1.82) is 0 Å². The predicted octanol–water partition coefficient (Wildman–Crippen LogP) is 2.59. The zero-order valence-electron chi connectivity index (χ0n) is 17.4. The van der Waals surface area contributed by atoms with Gasteiger partial charge < -0.3 is 25.4 Å². The average Bonchev–Trinajstić information content (AvgIpc) is 3.14. The fraction of sp³-hybridized carbons (Fsp3) is 0.650. The first kappa shape index (κ1) is 21.8. The molecule has 3 N–H and O–H groups in total. The van der Waals surface area contributed by atoms with Crippen LogP contribution in [0.3, 0.4) is 0 Å². The molecule has 1 aromatic rings. The summed E-state index contributed by atoms with van der Waals surface area (Å²) in [4.78, 5) is 20.2. The van der Waals surface area contributed by atoms with E-state index in [1.807, 2.05) is 39.1 Å². The van der Waals surface area contributed by atoms with Crippen LogP contribution in [0, 0.1) is 0 Å². The summed E-state index contributed by atoms with van der Waals surface area (Å²) in [7, 11) is 1.70. The summed E-state index contributed by atoms with van der Waals surface area (Å²) in [6.07, 6.45) is 6.43. The molecule has 1 aromatic heterocycles. The Morgan fingerprint density at radius 3 is 2.50 bits per heavy atom. The highest BCUT2D eigenvalue weighted by molar-refractivity contribution is 5.79. The second-order valence-electron chi connectivity index (χ2n) is 7.81. The lowest BCUT2D eigenvalue weighted by Gasteiger charge is -2.20. The number of aliphatic imine (C=N–C) groups is 1. The van der Waals surface area contributed by atoms with Gasteiger partial charge in [0.05, 0.1) is 0 Å². The largest absolute Gasteiger partial charge is 0.474 e. The second-order valence-corrected chi connectivity index (χ2v) is 7.81. The Morgan fingerprint density at radius 1 is 1.18 bits per heavy atom. The molecule has 156 valence electrons. The third kappa shape index (κ3) is 8.45. The number of guanidine groups is 1. The molecule has 1 aliphatic carbocycles. The van der Waals surface area contributed by atoms with E-state index < -0.39 is 11.7 Å². The van der Waals surface area contributed by atoms with Gasteiger partial charge in [-0.05, 0) is 52.0 Å². The Bertz CT molecular complexity index is 634. The van der Waals surface area contributed by atoms with Crippen LogP contribution in [0.25, 0.3) is 0 Å². The van der Waals surface area contributed by atoms with Gasteiger partial charge in [0.1, 0.15) is 11.7 Å². The summed E-state index contributed by atoms with van der Waals surface area (Å²) in [5.41, 5.74) is 0.537. The molecule has 28 heavy (non-hydrogen) atoms. The molecule has 8 heteroatoms. The Hall–Kier alpha value is -2.51. The van der Waals surface area contributed by atoms with E-state index >= 15 is 0 Å². The predicted molar refractivity (Wildman–Crippen MR) is 110 cm³/mol. The lowest BCUT2D eigenvalue weighted by molar-refractivity contribution is 0.0529. The number of carbonyl (C=O) groups excluding carboxylic acids is 1. The number of hydrogen-bond donors (Lipinski definition) is 3. The molecular weight excluding hydrogens is 358 g/mol. The quantitative estimate of drug-likeness (QED) is 0.376. The van der Waals surface area contributed by atoms with Gasteiger partial charge in [0.15, 0.2) is 5.96 Å². The Balaban J connectivity index is 1.65. The molecule has 0 aromatic carbocycles. The lowest BCUT2D eigenvalue weighted by Crippen LogP contribution is -2.42. The molecule has 0 unspecified atom stereocenters. The van der Waals surface area contributed by atoms with Crippen molar-refractivity contribution < 1.29 is 14.3 Å². The summed E-state index contributed by atoms with van der Waals surface area (Å²) in [6, 6.07) is 3.91. The van der Waals surface area contributed by atoms with E-state index in [0.29, 0.717) is 37.6 Å². The van der Waals surface area contributed by atoms with Crippen LogP contribution in [0.4, 0.5) is 4.79 Å². The van der Waals surface area contributed by atoms with E-state index in [2.05, 4.69) is 25.9 Å². The number of amides is 1. The fourth-order valence-corrected chi connectivity index (χ4v) is 2.83. The van der Waals surface area contributed by atoms with Crippen molar-refractivity contribution in [1.82, 2.24) is 20.9 Å². The first-order chi connectivity index (χ1) is 13.4. The first-order valence-electron chi connectivity index (χ1n) is 9.88. The molecule has 0 spiro atoms. The highest BCUT2D eigenvalue weighted by Gasteiger charge is 2.17. The highest BCUT2D eigenvalue weighted by atomic mass is 16.6. The van der Waals surface area contributed by atoms with Gasteiger partial charge in [-0.3, -0.25) is 4.99 Å². The van der Waals surface area contributed by atoms with Crippen LogP contribution in [-0.4, -0.2) is 48.9 Å². The Kier molecular flexibility index (Phi) is 8.35. The summed E-state index contributed by atoms with van der Waals surface area (Å²) in [5.74, 6) is 1.34. The minimum absolute atomic E-state index is 0.314. The van der Waals surface area contributed by atoms with Crippen LogP contribution < -0.4 is 20.7 Å². The number of rotatable bonds is 7.